The van der Waals surface area contributed by atoms with E-state index in [9.17, 15) is 9.90 Å². The fourth-order valence-electron chi connectivity index (χ4n) is 1.70. The maximum absolute atomic E-state index is 10.9. The van der Waals surface area contributed by atoms with Crippen LogP contribution in [0.2, 0.25) is 0 Å². The van der Waals surface area contributed by atoms with Crippen molar-refractivity contribution in [2.24, 2.45) is 5.10 Å². The highest BCUT2D eigenvalue weighted by Gasteiger charge is 2.00. The number of esters is 1. The van der Waals surface area contributed by atoms with Crippen LogP contribution in [-0.4, -0.2) is 36.1 Å². The summed E-state index contributed by atoms with van der Waals surface area (Å²) in [6, 6.07) is 5.07. The van der Waals surface area contributed by atoms with Crippen molar-refractivity contribution in [1.82, 2.24) is 10.7 Å². The molecule has 0 aliphatic heterocycles. The van der Waals surface area contributed by atoms with E-state index in [-0.39, 0.29) is 11.7 Å². The van der Waals surface area contributed by atoms with Gasteiger partial charge in [-0.2, -0.15) is 5.10 Å². The second kappa shape index (κ2) is 11.0. The lowest BCUT2D eigenvalue weighted by atomic mass is 10.2. The van der Waals surface area contributed by atoms with Crippen molar-refractivity contribution in [3.8, 4) is 5.75 Å². The van der Waals surface area contributed by atoms with Crippen molar-refractivity contribution < 1.29 is 14.6 Å². The normalized spacial score (nSPS) is 10.5. The predicted molar refractivity (Wildman–Crippen MR) is 97.6 cm³/mol. The lowest BCUT2D eigenvalue weighted by Crippen LogP contribution is -2.32. The number of nitrogens with zero attached hydrogens (tertiary/aromatic N) is 1. The van der Waals surface area contributed by atoms with Crippen LogP contribution in [0.3, 0.4) is 0 Å². The highest BCUT2D eigenvalue weighted by Crippen LogP contribution is 2.19. The summed E-state index contributed by atoms with van der Waals surface area (Å²) in [5.74, 6) is -0.0384. The van der Waals surface area contributed by atoms with Gasteiger partial charge >= 0.3 is 5.97 Å². The summed E-state index contributed by atoms with van der Waals surface area (Å²) in [6.07, 6.45) is 4.55. The topological polar surface area (TPSA) is 83.0 Å². The Morgan fingerprint density at radius 2 is 2.22 bits per heavy atom. The first-order chi connectivity index (χ1) is 11.0. The summed E-state index contributed by atoms with van der Waals surface area (Å²) in [5.41, 5.74) is 3.27. The Bertz CT molecular complexity index is 567. The number of aromatic hydroxyl groups is 1. The molecule has 0 aliphatic rings. The molecule has 0 amide bonds. The number of hydrazone groups is 1. The van der Waals surface area contributed by atoms with Crippen LogP contribution >= 0.6 is 28.1 Å². The first-order valence-electron chi connectivity index (χ1n) is 7.15. The van der Waals surface area contributed by atoms with E-state index in [1.165, 1.54) is 13.3 Å². The van der Waals surface area contributed by atoms with Crippen molar-refractivity contribution in [1.29, 1.82) is 0 Å². The minimum absolute atomic E-state index is 0.142. The summed E-state index contributed by atoms with van der Waals surface area (Å²) in [7, 11) is 1.39. The molecular formula is C15H20BrN3O3S. The Hall–Kier alpha value is -1.67. The van der Waals surface area contributed by atoms with E-state index in [0.717, 1.165) is 23.7 Å². The first kappa shape index (κ1) is 19.4. The summed E-state index contributed by atoms with van der Waals surface area (Å²) in [6.45, 7) is 0.699. The number of halogens is 1. The zero-order chi connectivity index (χ0) is 17.1. The van der Waals surface area contributed by atoms with E-state index in [4.69, 9.17) is 12.2 Å². The number of phenols is 1. The highest BCUT2D eigenvalue weighted by atomic mass is 79.9. The standard InChI is InChI=1S/C15H20BrN3O3S/c1-22-14(21)5-3-2-4-8-17-15(23)19-18-10-11-9-12(16)6-7-13(11)20/h6-7,9-10,20H,2-5,8H2,1H3,(H2,17,19,23)/b18-10+. The molecule has 0 radical (unpaired) electrons. The average molecular weight is 402 g/mol. The van der Waals surface area contributed by atoms with Crippen LogP contribution in [0.15, 0.2) is 27.8 Å². The van der Waals surface area contributed by atoms with Crippen LogP contribution in [0.1, 0.15) is 31.2 Å². The second-order valence-electron chi connectivity index (χ2n) is 4.72. The number of methoxy groups -OCH3 is 1. The smallest absolute Gasteiger partial charge is 0.305 e. The monoisotopic (exact) mass is 401 g/mol. The number of unbranched alkanes of at least 4 members (excludes halogenated alkanes) is 2. The van der Waals surface area contributed by atoms with Gasteiger partial charge in [0.25, 0.3) is 0 Å². The van der Waals surface area contributed by atoms with Gasteiger partial charge in [0, 0.05) is 23.0 Å². The Morgan fingerprint density at radius 3 is 2.96 bits per heavy atom. The number of rotatable bonds is 8. The minimum atomic E-state index is -0.180. The van der Waals surface area contributed by atoms with Gasteiger partial charge in [-0.1, -0.05) is 22.4 Å². The number of carbonyl (C=O) groups excluding carboxylic acids is 1. The molecule has 0 bridgehead atoms. The molecule has 0 spiro atoms. The van der Waals surface area contributed by atoms with E-state index in [1.54, 1.807) is 18.2 Å². The maximum atomic E-state index is 10.9. The fraction of sp³-hybridized carbons (Fsp3) is 0.400. The lowest BCUT2D eigenvalue weighted by Gasteiger charge is -2.06. The van der Waals surface area contributed by atoms with Crippen molar-refractivity contribution in [2.45, 2.75) is 25.7 Å². The van der Waals surface area contributed by atoms with Crippen LogP contribution in [0.5, 0.6) is 5.75 Å². The van der Waals surface area contributed by atoms with Crippen molar-refractivity contribution in [3.05, 3.63) is 28.2 Å². The van der Waals surface area contributed by atoms with Gasteiger partial charge in [-0.15, -0.1) is 0 Å². The summed E-state index contributed by atoms with van der Waals surface area (Å²) in [4.78, 5) is 10.9. The molecule has 3 N–H and O–H groups in total. The molecule has 0 aliphatic carbocycles. The average Bonchev–Trinajstić information content (AvgIpc) is 2.53. The molecular weight excluding hydrogens is 382 g/mol. The number of ether oxygens (including phenoxy) is 1. The van der Waals surface area contributed by atoms with Gasteiger partial charge in [0.1, 0.15) is 5.75 Å². The fourth-order valence-corrected chi connectivity index (χ4v) is 2.24. The molecule has 0 unspecified atom stereocenters. The lowest BCUT2D eigenvalue weighted by molar-refractivity contribution is -0.140. The van der Waals surface area contributed by atoms with Crippen LogP contribution < -0.4 is 10.7 Å². The molecule has 1 aromatic carbocycles. The molecule has 1 rings (SSSR count). The Morgan fingerprint density at radius 1 is 1.43 bits per heavy atom. The van der Waals surface area contributed by atoms with E-state index in [0.29, 0.717) is 23.6 Å². The van der Waals surface area contributed by atoms with Crippen LogP contribution in [0.25, 0.3) is 0 Å². The number of benzene rings is 1. The van der Waals surface area contributed by atoms with E-state index < -0.39 is 0 Å². The summed E-state index contributed by atoms with van der Waals surface area (Å²) in [5, 5.41) is 17.1. The Balaban J connectivity index is 2.18. The Labute approximate surface area is 149 Å². The van der Waals surface area contributed by atoms with Crippen molar-refractivity contribution >= 4 is 45.4 Å². The largest absolute Gasteiger partial charge is 0.507 e. The molecule has 0 aromatic heterocycles. The number of hydrogen-bond acceptors (Lipinski definition) is 5. The Kier molecular flexibility index (Phi) is 9.23. The molecule has 0 saturated carbocycles. The predicted octanol–water partition coefficient (Wildman–Crippen LogP) is 2.69. The molecule has 126 valence electrons. The summed E-state index contributed by atoms with van der Waals surface area (Å²) < 4.78 is 5.42. The van der Waals surface area contributed by atoms with E-state index in [2.05, 4.69) is 36.5 Å². The van der Waals surface area contributed by atoms with Gasteiger partial charge in [-0.05, 0) is 43.3 Å². The van der Waals surface area contributed by atoms with Gasteiger partial charge in [-0.25, -0.2) is 0 Å². The van der Waals surface area contributed by atoms with Crippen LogP contribution in [-0.2, 0) is 9.53 Å². The number of phenolic OH excluding ortho intramolecular Hbond substituents is 1. The SMILES string of the molecule is COC(=O)CCCCCNC(=S)N/N=C/c1cc(Br)ccc1O. The highest BCUT2D eigenvalue weighted by molar-refractivity contribution is 9.10. The van der Waals surface area contributed by atoms with Gasteiger partial charge in [-0.3, -0.25) is 10.2 Å². The first-order valence-corrected chi connectivity index (χ1v) is 8.35. The third-order valence-corrected chi connectivity index (χ3v) is 3.66. The third-order valence-electron chi connectivity index (χ3n) is 2.93. The van der Waals surface area contributed by atoms with E-state index >= 15 is 0 Å². The molecule has 8 heteroatoms. The third kappa shape index (κ3) is 8.51. The maximum Gasteiger partial charge on any atom is 0.305 e. The van der Waals surface area contributed by atoms with Crippen molar-refractivity contribution in [2.75, 3.05) is 13.7 Å². The van der Waals surface area contributed by atoms with Gasteiger partial charge in [0.2, 0.25) is 0 Å². The number of thiocarbonyl (C=S) groups is 1. The number of nitrogens with one attached hydrogen (secondary N) is 2. The van der Waals surface area contributed by atoms with Crippen LogP contribution in [0.4, 0.5) is 0 Å². The summed E-state index contributed by atoms with van der Waals surface area (Å²) >= 11 is 8.41. The minimum Gasteiger partial charge on any atom is -0.507 e. The number of hydrogen-bond donors (Lipinski definition) is 3. The zero-order valence-electron chi connectivity index (χ0n) is 12.8. The zero-order valence-corrected chi connectivity index (χ0v) is 15.2. The van der Waals surface area contributed by atoms with Gasteiger partial charge in [0.05, 0.1) is 13.3 Å². The molecule has 6 nitrogen and oxygen atoms in total. The molecule has 0 fully saturated rings. The molecule has 0 atom stereocenters. The molecule has 1 aromatic rings. The van der Waals surface area contributed by atoms with Gasteiger partial charge < -0.3 is 15.2 Å². The van der Waals surface area contributed by atoms with E-state index in [1.807, 2.05) is 0 Å². The molecule has 0 heterocycles. The van der Waals surface area contributed by atoms with Crippen LogP contribution in [0, 0.1) is 0 Å². The van der Waals surface area contributed by atoms with Gasteiger partial charge in [0.15, 0.2) is 5.11 Å². The molecule has 0 saturated heterocycles. The molecule has 23 heavy (non-hydrogen) atoms. The number of carbonyl (C=O) groups is 1. The van der Waals surface area contributed by atoms with Crippen molar-refractivity contribution in [3.63, 3.8) is 0 Å². The quantitative estimate of drug-likeness (QED) is 0.204. The second-order valence-corrected chi connectivity index (χ2v) is 6.04.